The molecule has 2 aromatic carbocycles. The summed E-state index contributed by atoms with van der Waals surface area (Å²) in [7, 11) is 2.05. The minimum atomic E-state index is 0.615. The lowest BCUT2D eigenvalue weighted by molar-refractivity contribution is 0.233. The highest BCUT2D eigenvalue weighted by atomic mass is 35.5. The van der Waals surface area contributed by atoms with E-state index in [1.54, 1.807) is 0 Å². The van der Waals surface area contributed by atoms with Crippen molar-refractivity contribution in [1.82, 2.24) is 4.90 Å². The first-order valence-electron chi connectivity index (χ1n) is 6.55. The second-order valence-corrected chi connectivity index (χ2v) is 5.16. The van der Waals surface area contributed by atoms with Crippen LogP contribution in [0.25, 0.3) is 0 Å². The zero-order valence-corrected chi connectivity index (χ0v) is 12.3. The molecule has 106 valence electrons. The van der Waals surface area contributed by atoms with E-state index in [-0.39, 0.29) is 0 Å². The van der Waals surface area contributed by atoms with E-state index in [1.807, 2.05) is 55.6 Å². The van der Waals surface area contributed by atoms with Crippen molar-refractivity contribution in [3.05, 3.63) is 59.1 Å². The molecule has 0 aliphatic carbocycles. The maximum absolute atomic E-state index is 6.14. The van der Waals surface area contributed by atoms with Crippen LogP contribution in [0.1, 0.15) is 5.56 Å². The molecule has 0 bridgehead atoms. The van der Waals surface area contributed by atoms with E-state index in [2.05, 4.69) is 4.90 Å². The van der Waals surface area contributed by atoms with E-state index in [0.29, 0.717) is 12.3 Å². The molecule has 0 saturated carbocycles. The molecular formula is C16H19ClN2O. The van der Waals surface area contributed by atoms with Gasteiger partial charge < -0.3 is 10.5 Å². The number of benzene rings is 2. The molecule has 3 nitrogen and oxygen atoms in total. The Kier molecular flexibility index (Phi) is 5.27. The fourth-order valence-electron chi connectivity index (χ4n) is 1.92. The van der Waals surface area contributed by atoms with Crippen LogP contribution in [-0.2, 0) is 6.54 Å². The second kappa shape index (κ2) is 7.17. The molecule has 0 heterocycles. The standard InChI is InChI=1S/C16H19ClN2O/c1-19(12-13-5-2-3-8-16(13)17)9-10-20-15-7-4-6-14(18)11-15/h2-8,11H,9-10,12,18H2,1H3. The number of ether oxygens (including phenoxy) is 1. The highest BCUT2D eigenvalue weighted by Crippen LogP contribution is 2.17. The number of anilines is 1. The third kappa shape index (κ3) is 4.44. The number of hydrogen-bond donors (Lipinski definition) is 1. The summed E-state index contributed by atoms with van der Waals surface area (Å²) in [4.78, 5) is 2.17. The van der Waals surface area contributed by atoms with E-state index in [4.69, 9.17) is 22.1 Å². The summed E-state index contributed by atoms with van der Waals surface area (Å²) in [5.74, 6) is 0.802. The number of likely N-dealkylation sites (N-methyl/N-ethyl adjacent to an activating group) is 1. The quantitative estimate of drug-likeness (QED) is 0.828. The lowest BCUT2D eigenvalue weighted by Crippen LogP contribution is -2.24. The van der Waals surface area contributed by atoms with Gasteiger partial charge in [-0.05, 0) is 30.8 Å². The molecule has 2 rings (SSSR count). The van der Waals surface area contributed by atoms with Crippen LogP contribution in [0.5, 0.6) is 5.75 Å². The Morgan fingerprint density at radius 1 is 1.15 bits per heavy atom. The van der Waals surface area contributed by atoms with Gasteiger partial charge in [0, 0.05) is 29.9 Å². The second-order valence-electron chi connectivity index (χ2n) is 4.75. The summed E-state index contributed by atoms with van der Waals surface area (Å²) in [6.07, 6.45) is 0. The molecule has 0 unspecified atom stereocenters. The Hall–Kier alpha value is -1.71. The van der Waals surface area contributed by atoms with Gasteiger partial charge in [-0.2, -0.15) is 0 Å². The molecule has 0 aliphatic rings. The maximum atomic E-state index is 6.14. The average molecular weight is 291 g/mol. The van der Waals surface area contributed by atoms with E-state index in [9.17, 15) is 0 Å². The van der Waals surface area contributed by atoms with E-state index >= 15 is 0 Å². The largest absolute Gasteiger partial charge is 0.492 e. The fraction of sp³-hybridized carbons (Fsp3) is 0.250. The van der Waals surface area contributed by atoms with Crippen LogP contribution in [0.4, 0.5) is 5.69 Å². The SMILES string of the molecule is CN(CCOc1cccc(N)c1)Cc1ccccc1Cl. The maximum Gasteiger partial charge on any atom is 0.121 e. The van der Waals surface area contributed by atoms with Crippen molar-refractivity contribution in [2.75, 3.05) is 25.9 Å². The zero-order chi connectivity index (χ0) is 14.4. The highest BCUT2D eigenvalue weighted by Gasteiger charge is 2.04. The molecule has 0 aromatic heterocycles. The van der Waals surface area contributed by atoms with Crippen LogP contribution >= 0.6 is 11.6 Å². The Bertz CT molecular complexity index is 560. The number of halogens is 1. The van der Waals surface area contributed by atoms with Gasteiger partial charge in [-0.15, -0.1) is 0 Å². The Labute approximate surface area is 124 Å². The van der Waals surface area contributed by atoms with Crippen LogP contribution in [-0.4, -0.2) is 25.1 Å². The van der Waals surface area contributed by atoms with E-state index in [0.717, 1.165) is 29.4 Å². The van der Waals surface area contributed by atoms with Crippen molar-refractivity contribution < 1.29 is 4.74 Å². The molecule has 0 radical (unpaired) electrons. The number of nitrogen functional groups attached to an aromatic ring is 1. The lowest BCUT2D eigenvalue weighted by Gasteiger charge is -2.17. The summed E-state index contributed by atoms with van der Waals surface area (Å²) < 4.78 is 5.67. The molecular weight excluding hydrogens is 272 g/mol. The number of nitrogens with zero attached hydrogens (tertiary/aromatic N) is 1. The first kappa shape index (κ1) is 14.7. The Morgan fingerprint density at radius 3 is 2.70 bits per heavy atom. The van der Waals surface area contributed by atoms with Gasteiger partial charge in [-0.1, -0.05) is 35.9 Å². The van der Waals surface area contributed by atoms with Gasteiger partial charge in [0.25, 0.3) is 0 Å². The molecule has 0 amide bonds. The van der Waals surface area contributed by atoms with Crippen molar-refractivity contribution in [2.24, 2.45) is 0 Å². The fourth-order valence-corrected chi connectivity index (χ4v) is 2.12. The van der Waals surface area contributed by atoms with Gasteiger partial charge in [0.1, 0.15) is 12.4 Å². The molecule has 0 saturated heterocycles. The molecule has 0 fully saturated rings. The number of hydrogen-bond acceptors (Lipinski definition) is 3. The third-order valence-corrected chi connectivity index (χ3v) is 3.37. The highest BCUT2D eigenvalue weighted by molar-refractivity contribution is 6.31. The van der Waals surface area contributed by atoms with E-state index < -0.39 is 0 Å². The van der Waals surface area contributed by atoms with Crippen LogP contribution in [0.2, 0.25) is 5.02 Å². The van der Waals surface area contributed by atoms with Gasteiger partial charge in [0.15, 0.2) is 0 Å². The third-order valence-electron chi connectivity index (χ3n) is 3.00. The molecule has 2 N–H and O–H groups in total. The zero-order valence-electron chi connectivity index (χ0n) is 11.6. The van der Waals surface area contributed by atoms with Crippen molar-refractivity contribution in [3.63, 3.8) is 0 Å². The predicted molar refractivity (Wildman–Crippen MR) is 84.1 cm³/mol. The van der Waals surface area contributed by atoms with Crippen molar-refractivity contribution in [1.29, 1.82) is 0 Å². The monoisotopic (exact) mass is 290 g/mol. The number of rotatable bonds is 6. The average Bonchev–Trinajstić information content (AvgIpc) is 2.41. The summed E-state index contributed by atoms with van der Waals surface area (Å²) >= 11 is 6.14. The Morgan fingerprint density at radius 2 is 1.95 bits per heavy atom. The molecule has 0 spiro atoms. The topological polar surface area (TPSA) is 38.5 Å². The van der Waals surface area contributed by atoms with E-state index in [1.165, 1.54) is 0 Å². The molecule has 0 atom stereocenters. The Balaban J connectivity index is 1.78. The minimum Gasteiger partial charge on any atom is -0.492 e. The van der Waals surface area contributed by atoms with Crippen LogP contribution in [0, 0.1) is 0 Å². The van der Waals surface area contributed by atoms with Gasteiger partial charge in [0.2, 0.25) is 0 Å². The van der Waals surface area contributed by atoms with Gasteiger partial charge in [0.05, 0.1) is 0 Å². The number of nitrogens with two attached hydrogens (primary N) is 1. The lowest BCUT2D eigenvalue weighted by atomic mass is 10.2. The van der Waals surface area contributed by atoms with Crippen LogP contribution in [0.15, 0.2) is 48.5 Å². The summed E-state index contributed by atoms with van der Waals surface area (Å²) in [6.45, 7) is 2.24. The summed E-state index contributed by atoms with van der Waals surface area (Å²) in [6, 6.07) is 15.4. The van der Waals surface area contributed by atoms with Crippen molar-refractivity contribution in [3.8, 4) is 5.75 Å². The normalized spacial score (nSPS) is 10.8. The summed E-state index contributed by atoms with van der Waals surface area (Å²) in [5.41, 5.74) is 7.54. The van der Waals surface area contributed by atoms with Gasteiger partial charge in [-0.3, -0.25) is 4.90 Å². The molecule has 2 aromatic rings. The smallest absolute Gasteiger partial charge is 0.121 e. The van der Waals surface area contributed by atoms with Crippen LogP contribution in [0.3, 0.4) is 0 Å². The molecule has 20 heavy (non-hydrogen) atoms. The van der Waals surface area contributed by atoms with Crippen molar-refractivity contribution in [2.45, 2.75) is 6.54 Å². The first-order valence-corrected chi connectivity index (χ1v) is 6.93. The van der Waals surface area contributed by atoms with Gasteiger partial charge >= 0.3 is 0 Å². The molecule has 4 heteroatoms. The first-order chi connectivity index (χ1) is 9.65. The summed E-state index contributed by atoms with van der Waals surface area (Å²) in [5, 5.41) is 0.802. The van der Waals surface area contributed by atoms with Crippen molar-refractivity contribution >= 4 is 17.3 Å². The predicted octanol–water partition coefficient (Wildman–Crippen LogP) is 3.43. The minimum absolute atomic E-state index is 0.615. The molecule has 0 aliphatic heterocycles. The van der Waals surface area contributed by atoms with Crippen LogP contribution < -0.4 is 10.5 Å². The van der Waals surface area contributed by atoms with Gasteiger partial charge in [-0.25, -0.2) is 0 Å².